The quantitative estimate of drug-likeness (QED) is 0.755. The Hall–Kier alpha value is -1.84. The molecule has 1 aromatic rings. The first kappa shape index (κ1) is 14.2. The van der Waals surface area contributed by atoms with Gasteiger partial charge in [0, 0.05) is 19.0 Å². The minimum Gasteiger partial charge on any atom is -0.395 e. The third-order valence-electron chi connectivity index (χ3n) is 2.06. The molecule has 0 aliphatic heterocycles. The van der Waals surface area contributed by atoms with Gasteiger partial charge in [-0.1, -0.05) is 11.8 Å². The fourth-order valence-electron chi connectivity index (χ4n) is 1.27. The Balaban J connectivity index is 2.84. The van der Waals surface area contributed by atoms with Crippen LogP contribution in [0.4, 0.5) is 0 Å². The zero-order valence-electron chi connectivity index (χ0n) is 9.97. The van der Waals surface area contributed by atoms with Gasteiger partial charge in [-0.15, -0.1) is 11.3 Å². The molecule has 6 heteroatoms. The number of carbonyl (C=O) groups excluding carboxylic acids is 2. The summed E-state index contributed by atoms with van der Waals surface area (Å²) in [6.45, 7) is -0.137. The lowest BCUT2D eigenvalue weighted by Gasteiger charge is -2.13. The maximum atomic E-state index is 12.0. The number of nitrogens with zero attached hydrogens (tertiary/aromatic N) is 1. The summed E-state index contributed by atoms with van der Waals surface area (Å²) in [6, 6.07) is 1.74. The number of carbonyl (C=O) groups is 2. The van der Waals surface area contributed by atoms with Crippen LogP contribution in [0.1, 0.15) is 21.7 Å². The van der Waals surface area contributed by atoms with Crippen LogP contribution in [0.15, 0.2) is 11.4 Å². The monoisotopic (exact) mass is 266 g/mol. The Kier molecular flexibility index (Phi) is 5.36. The van der Waals surface area contributed by atoms with Gasteiger partial charge in [0.15, 0.2) is 0 Å². The largest absolute Gasteiger partial charge is 0.395 e. The van der Waals surface area contributed by atoms with E-state index in [0.717, 1.165) is 0 Å². The van der Waals surface area contributed by atoms with Crippen molar-refractivity contribution in [3.63, 3.8) is 0 Å². The van der Waals surface area contributed by atoms with Crippen LogP contribution >= 0.6 is 11.3 Å². The lowest BCUT2D eigenvalue weighted by molar-refractivity contribution is -0.118. The number of aliphatic hydroxyl groups is 1. The normalized spacial score (nSPS) is 9.44. The Morgan fingerprint density at radius 2 is 2.28 bits per heavy atom. The van der Waals surface area contributed by atoms with E-state index in [-0.39, 0.29) is 19.1 Å². The lowest BCUT2D eigenvalue weighted by Crippen LogP contribution is -2.35. The summed E-state index contributed by atoms with van der Waals surface area (Å²) in [5.74, 6) is 4.74. The number of hydrogen-bond donors (Lipinski definition) is 2. The predicted molar refractivity (Wildman–Crippen MR) is 69.1 cm³/mol. The number of nitrogens with two attached hydrogens (primary N) is 1. The van der Waals surface area contributed by atoms with E-state index in [0.29, 0.717) is 16.9 Å². The summed E-state index contributed by atoms with van der Waals surface area (Å²) in [6.07, 6.45) is 0.362. The standard InChI is InChI=1S/C12H14N2O3S/c1-14(8-10(13)16)12(17)11-9(5-7-18-11)4-2-3-6-15/h5,7,15H,3,6,8H2,1H3,(H2,13,16). The molecule has 96 valence electrons. The average molecular weight is 266 g/mol. The minimum absolute atomic E-state index is 0.0119. The average Bonchev–Trinajstić information content (AvgIpc) is 2.75. The molecule has 0 fully saturated rings. The van der Waals surface area contributed by atoms with Crippen LogP contribution < -0.4 is 5.73 Å². The third-order valence-corrected chi connectivity index (χ3v) is 2.96. The van der Waals surface area contributed by atoms with E-state index in [1.807, 2.05) is 0 Å². The molecule has 3 N–H and O–H groups in total. The molecule has 2 amide bonds. The molecule has 0 spiro atoms. The van der Waals surface area contributed by atoms with Crippen molar-refractivity contribution in [2.45, 2.75) is 6.42 Å². The first-order chi connectivity index (χ1) is 8.56. The van der Waals surface area contributed by atoms with Gasteiger partial charge in [0.2, 0.25) is 5.91 Å². The van der Waals surface area contributed by atoms with Crippen LogP contribution in [0.3, 0.4) is 0 Å². The van der Waals surface area contributed by atoms with Crippen molar-refractivity contribution in [1.29, 1.82) is 0 Å². The number of thiophene rings is 1. The van der Waals surface area contributed by atoms with Crippen LogP contribution in [0, 0.1) is 11.8 Å². The van der Waals surface area contributed by atoms with E-state index >= 15 is 0 Å². The van der Waals surface area contributed by atoms with Crippen molar-refractivity contribution in [1.82, 2.24) is 4.90 Å². The first-order valence-electron chi connectivity index (χ1n) is 5.27. The van der Waals surface area contributed by atoms with Crippen molar-refractivity contribution >= 4 is 23.2 Å². The molecule has 0 bridgehead atoms. The van der Waals surface area contributed by atoms with Crippen molar-refractivity contribution in [2.24, 2.45) is 5.73 Å². The Bertz CT molecular complexity index is 499. The van der Waals surface area contributed by atoms with Gasteiger partial charge in [-0.25, -0.2) is 0 Å². The highest BCUT2D eigenvalue weighted by atomic mass is 32.1. The summed E-state index contributed by atoms with van der Waals surface area (Å²) in [4.78, 5) is 24.5. The van der Waals surface area contributed by atoms with Crippen molar-refractivity contribution < 1.29 is 14.7 Å². The third kappa shape index (κ3) is 3.87. The molecule has 18 heavy (non-hydrogen) atoms. The van der Waals surface area contributed by atoms with Crippen LogP contribution in [-0.2, 0) is 4.79 Å². The minimum atomic E-state index is -0.560. The van der Waals surface area contributed by atoms with E-state index in [1.165, 1.54) is 23.3 Å². The zero-order chi connectivity index (χ0) is 13.5. The second-order valence-corrected chi connectivity index (χ2v) is 4.48. The highest BCUT2D eigenvalue weighted by Crippen LogP contribution is 2.17. The van der Waals surface area contributed by atoms with E-state index in [4.69, 9.17) is 10.8 Å². The SMILES string of the molecule is CN(CC(N)=O)C(=O)c1sccc1C#CCCO. The molecule has 0 atom stereocenters. The van der Waals surface area contributed by atoms with E-state index in [9.17, 15) is 9.59 Å². The van der Waals surface area contributed by atoms with Crippen LogP contribution in [-0.4, -0.2) is 42.0 Å². The first-order valence-corrected chi connectivity index (χ1v) is 6.15. The summed E-state index contributed by atoms with van der Waals surface area (Å²) in [5, 5.41) is 10.4. The van der Waals surface area contributed by atoms with Gasteiger partial charge in [0.05, 0.1) is 13.2 Å². The zero-order valence-corrected chi connectivity index (χ0v) is 10.8. The van der Waals surface area contributed by atoms with E-state index in [1.54, 1.807) is 11.4 Å². The van der Waals surface area contributed by atoms with Crippen molar-refractivity contribution in [3.05, 3.63) is 21.9 Å². The van der Waals surface area contributed by atoms with Crippen LogP contribution in [0.2, 0.25) is 0 Å². The van der Waals surface area contributed by atoms with Gasteiger partial charge in [-0.2, -0.15) is 0 Å². The maximum absolute atomic E-state index is 12.0. The highest BCUT2D eigenvalue weighted by molar-refractivity contribution is 7.12. The molecule has 0 aliphatic carbocycles. The fraction of sp³-hybridized carbons (Fsp3) is 0.333. The van der Waals surface area contributed by atoms with Gasteiger partial charge in [0.25, 0.3) is 5.91 Å². The maximum Gasteiger partial charge on any atom is 0.265 e. The number of rotatable bonds is 4. The molecule has 5 nitrogen and oxygen atoms in total. The Morgan fingerprint density at radius 1 is 1.56 bits per heavy atom. The Morgan fingerprint density at radius 3 is 2.89 bits per heavy atom. The molecule has 1 aromatic heterocycles. The Labute approximate surface area is 109 Å². The number of likely N-dealkylation sites (N-methyl/N-ethyl adjacent to an activating group) is 1. The summed E-state index contributed by atoms with van der Waals surface area (Å²) in [7, 11) is 1.51. The predicted octanol–water partition coefficient (Wildman–Crippen LogP) is 0.0393. The highest BCUT2D eigenvalue weighted by Gasteiger charge is 2.17. The second kappa shape index (κ2) is 6.79. The smallest absolute Gasteiger partial charge is 0.265 e. The van der Waals surface area contributed by atoms with E-state index in [2.05, 4.69) is 11.8 Å². The molecule has 0 aliphatic rings. The number of amides is 2. The van der Waals surface area contributed by atoms with Gasteiger partial charge in [0.1, 0.15) is 4.88 Å². The van der Waals surface area contributed by atoms with Gasteiger partial charge in [-0.3, -0.25) is 9.59 Å². The van der Waals surface area contributed by atoms with Gasteiger partial charge >= 0.3 is 0 Å². The molecule has 0 saturated heterocycles. The summed E-state index contributed by atoms with van der Waals surface area (Å²) in [5.41, 5.74) is 5.64. The molecule has 0 unspecified atom stereocenters. The van der Waals surface area contributed by atoms with Gasteiger partial charge in [-0.05, 0) is 11.4 Å². The number of primary amides is 1. The van der Waals surface area contributed by atoms with Crippen molar-refractivity contribution in [2.75, 3.05) is 20.2 Å². The second-order valence-electron chi connectivity index (χ2n) is 3.57. The molecule has 0 aromatic carbocycles. The molecular weight excluding hydrogens is 252 g/mol. The molecule has 0 radical (unpaired) electrons. The topological polar surface area (TPSA) is 83.6 Å². The van der Waals surface area contributed by atoms with Gasteiger partial charge < -0.3 is 15.7 Å². The molecular formula is C12H14N2O3S. The molecule has 0 saturated carbocycles. The lowest BCUT2D eigenvalue weighted by atomic mass is 10.2. The number of aliphatic hydroxyl groups excluding tert-OH is 1. The molecule has 1 rings (SSSR count). The van der Waals surface area contributed by atoms with Crippen molar-refractivity contribution in [3.8, 4) is 11.8 Å². The van der Waals surface area contributed by atoms with Crippen LogP contribution in [0.25, 0.3) is 0 Å². The molecule has 1 heterocycles. The van der Waals surface area contributed by atoms with E-state index < -0.39 is 5.91 Å². The number of hydrogen-bond acceptors (Lipinski definition) is 4. The summed E-state index contributed by atoms with van der Waals surface area (Å²) < 4.78 is 0. The summed E-state index contributed by atoms with van der Waals surface area (Å²) >= 11 is 1.26. The van der Waals surface area contributed by atoms with Crippen LogP contribution in [0.5, 0.6) is 0 Å². The fourth-order valence-corrected chi connectivity index (χ4v) is 2.11.